The number of aromatic nitrogens is 2. The molecule has 1 aromatic carbocycles. The fraction of sp³-hybridized carbons (Fsp3) is 0.312. The van der Waals surface area contributed by atoms with Crippen molar-refractivity contribution in [3.63, 3.8) is 0 Å². The Morgan fingerprint density at radius 1 is 1.21 bits per heavy atom. The van der Waals surface area contributed by atoms with Crippen LogP contribution < -0.4 is 16.0 Å². The van der Waals surface area contributed by atoms with E-state index in [0.717, 1.165) is 5.69 Å². The number of rotatable bonds is 4. The molecule has 1 aromatic heterocycles. The third kappa shape index (κ3) is 3.01. The first-order valence-corrected chi connectivity index (χ1v) is 7.61. The van der Waals surface area contributed by atoms with Crippen LogP contribution in [0.1, 0.15) is 23.0 Å². The van der Waals surface area contributed by atoms with Gasteiger partial charge < -0.3 is 26.2 Å². The van der Waals surface area contributed by atoms with E-state index >= 15 is 0 Å². The summed E-state index contributed by atoms with van der Waals surface area (Å²) in [5.74, 6) is -0.143. The Hall–Kier alpha value is -2.71. The number of anilines is 4. The molecule has 0 fully saturated rings. The maximum Gasteiger partial charge on any atom is 0.261 e. The Morgan fingerprint density at radius 3 is 2.54 bits per heavy atom. The molecule has 8 nitrogen and oxygen atoms in total. The second kappa shape index (κ2) is 6.42. The smallest absolute Gasteiger partial charge is 0.261 e. The van der Waals surface area contributed by atoms with E-state index in [1.807, 2.05) is 18.2 Å². The Kier molecular flexibility index (Phi) is 4.32. The SMILES string of the molecule is Cc1nc(NC(O)C(C)CO)nc2c1C(=O)Nc1ccccc1N2. The quantitative estimate of drug-likeness (QED) is 0.539. The summed E-state index contributed by atoms with van der Waals surface area (Å²) in [5.41, 5.74) is 2.20. The normalized spacial score (nSPS) is 15.2. The summed E-state index contributed by atoms with van der Waals surface area (Å²) in [5, 5.41) is 27.8. The first-order valence-electron chi connectivity index (χ1n) is 7.61. The largest absolute Gasteiger partial charge is 0.396 e. The highest BCUT2D eigenvalue weighted by Gasteiger charge is 2.24. The topological polar surface area (TPSA) is 119 Å². The van der Waals surface area contributed by atoms with E-state index in [9.17, 15) is 9.90 Å². The molecule has 2 aromatic rings. The number of nitrogens with zero attached hydrogens (tertiary/aromatic N) is 2. The fourth-order valence-electron chi connectivity index (χ4n) is 2.39. The van der Waals surface area contributed by atoms with Gasteiger partial charge in [-0.3, -0.25) is 4.79 Å². The number of aryl methyl sites for hydroxylation is 1. The average molecular weight is 329 g/mol. The molecule has 0 radical (unpaired) electrons. The van der Waals surface area contributed by atoms with Gasteiger partial charge in [-0.25, -0.2) is 4.98 Å². The zero-order valence-corrected chi connectivity index (χ0v) is 13.4. The third-order valence-electron chi connectivity index (χ3n) is 3.85. The highest BCUT2D eigenvalue weighted by atomic mass is 16.3. The van der Waals surface area contributed by atoms with Crippen LogP contribution in [0.3, 0.4) is 0 Å². The molecule has 5 N–H and O–H groups in total. The van der Waals surface area contributed by atoms with Crippen LogP contribution in [-0.2, 0) is 0 Å². The minimum atomic E-state index is -1.00. The molecule has 2 unspecified atom stereocenters. The number of nitrogens with one attached hydrogen (secondary N) is 3. The second-order valence-corrected chi connectivity index (χ2v) is 5.73. The molecule has 24 heavy (non-hydrogen) atoms. The predicted molar refractivity (Wildman–Crippen MR) is 90.3 cm³/mol. The van der Waals surface area contributed by atoms with Crippen LogP contribution in [0.5, 0.6) is 0 Å². The number of amides is 1. The summed E-state index contributed by atoms with van der Waals surface area (Å²) >= 11 is 0. The van der Waals surface area contributed by atoms with Gasteiger partial charge in [-0.1, -0.05) is 19.1 Å². The van der Waals surface area contributed by atoms with Crippen LogP contribution >= 0.6 is 0 Å². The lowest BCUT2D eigenvalue weighted by atomic mass is 10.1. The maximum absolute atomic E-state index is 12.4. The molecule has 2 heterocycles. The van der Waals surface area contributed by atoms with Crippen LogP contribution in [0.2, 0.25) is 0 Å². The lowest BCUT2D eigenvalue weighted by molar-refractivity contribution is 0.0971. The molecule has 0 saturated heterocycles. The van der Waals surface area contributed by atoms with E-state index < -0.39 is 6.23 Å². The fourth-order valence-corrected chi connectivity index (χ4v) is 2.39. The lowest BCUT2D eigenvalue weighted by Gasteiger charge is -2.19. The molecule has 8 heteroatoms. The van der Waals surface area contributed by atoms with Gasteiger partial charge in [-0.05, 0) is 19.1 Å². The van der Waals surface area contributed by atoms with Gasteiger partial charge in [0.05, 0.1) is 17.1 Å². The van der Waals surface area contributed by atoms with Crippen molar-refractivity contribution in [2.75, 3.05) is 22.6 Å². The molecule has 0 spiro atoms. The summed E-state index contributed by atoms with van der Waals surface area (Å²) < 4.78 is 0. The summed E-state index contributed by atoms with van der Waals surface area (Å²) in [4.78, 5) is 21.0. The minimum absolute atomic E-state index is 0.174. The van der Waals surface area contributed by atoms with Crippen molar-refractivity contribution in [3.8, 4) is 0 Å². The highest BCUT2D eigenvalue weighted by Crippen LogP contribution is 2.32. The Labute approximate surface area is 139 Å². The van der Waals surface area contributed by atoms with Crippen molar-refractivity contribution in [2.24, 2.45) is 5.92 Å². The summed E-state index contributed by atoms with van der Waals surface area (Å²) in [6.07, 6.45) is -1.00. The van der Waals surface area contributed by atoms with E-state index in [2.05, 4.69) is 25.9 Å². The summed E-state index contributed by atoms with van der Waals surface area (Å²) in [6.45, 7) is 3.22. The molecule has 0 saturated carbocycles. The minimum Gasteiger partial charge on any atom is -0.396 e. The lowest BCUT2D eigenvalue weighted by Crippen LogP contribution is -2.30. The van der Waals surface area contributed by atoms with Crippen LogP contribution in [0.15, 0.2) is 24.3 Å². The maximum atomic E-state index is 12.4. The third-order valence-corrected chi connectivity index (χ3v) is 3.85. The molecule has 2 atom stereocenters. The van der Waals surface area contributed by atoms with Gasteiger partial charge in [0.25, 0.3) is 5.91 Å². The molecule has 3 rings (SSSR count). The predicted octanol–water partition coefficient (Wildman–Crippen LogP) is 1.45. The van der Waals surface area contributed by atoms with Gasteiger partial charge in [0.2, 0.25) is 5.95 Å². The van der Waals surface area contributed by atoms with Gasteiger partial charge in [0.15, 0.2) is 0 Å². The van der Waals surface area contributed by atoms with Crippen molar-refractivity contribution in [2.45, 2.75) is 20.1 Å². The van der Waals surface area contributed by atoms with E-state index in [4.69, 9.17) is 5.11 Å². The van der Waals surface area contributed by atoms with Crippen LogP contribution in [0.25, 0.3) is 0 Å². The van der Waals surface area contributed by atoms with Crippen molar-refractivity contribution in [1.82, 2.24) is 9.97 Å². The average Bonchev–Trinajstić information content (AvgIpc) is 2.69. The first-order chi connectivity index (χ1) is 11.5. The number of para-hydroxylation sites is 2. The van der Waals surface area contributed by atoms with Crippen molar-refractivity contribution in [3.05, 3.63) is 35.5 Å². The van der Waals surface area contributed by atoms with E-state index in [0.29, 0.717) is 22.8 Å². The van der Waals surface area contributed by atoms with Gasteiger partial charge >= 0.3 is 0 Å². The summed E-state index contributed by atoms with van der Waals surface area (Å²) in [6, 6.07) is 7.30. The van der Waals surface area contributed by atoms with E-state index in [1.165, 1.54) is 0 Å². The van der Waals surface area contributed by atoms with Crippen LogP contribution in [-0.4, -0.2) is 38.9 Å². The van der Waals surface area contributed by atoms with E-state index in [-0.39, 0.29) is 24.4 Å². The number of benzene rings is 1. The molecule has 1 aliphatic rings. The first kappa shape index (κ1) is 16.2. The standard InChI is InChI=1S/C16H19N5O3/c1-8(7-22)14(23)21-16-17-9(2)12-13(20-16)18-10-5-3-4-6-11(10)19-15(12)24/h3-6,8,14,22-23H,7H2,1-2H3,(H,19,24)(H2,17,18,20,21). The van der Waals surface area contributed by atoms with Gasteiger partial charge in [0, 0.05) is 12.5 Å². The van der Waals surface area contributed by atoms with Gasteiger partial charge in [-0.15, -0.1) is 0 Å². The Balaban J connectivity index is 1.98. The number of carbonyl (C=O) groups is 1. The number of carbonyl (C=O) groups excluding carboxylic acids is 1. The number of hydrogen-bond donors (Lipinski definition) is 5. The highest BCUT2D eigenvalue weighted by molar-refractivity contribution is 6.12. The zero-order chi connectivity index (χ0) is 17.3. The molecular weight excluding hydrogens is 310 g/mol. The monoisotopic (exact) mass is 329 g/mol. The van der Waals surface area contributed by atoms with Gasteiger partial charge in [-0.2, -0.15) is 4.98 Å². The van der Waals surface area contributed by atoms with Crippen molar-refractivity contribution < 1.29 is 15.0 Å². The summed E-state index contributed by atoms with van der Waals surface area (Å²) in [7, 11) is 0. The van der Waals surface area contributed by atoms with Gasteiger partial charge in [0.1, 0.15) is 17.6 Å². The molecule has 0 bridgehead atoms. The van der Waals surface area contributed by atoms with Crippen LogP contribution in [0.4, 0.5) is 23.1 Å². The molecule has 126 valence electrons. The number of hydrogen-bond acceptors (Lipinski definition) is 7. The van der Waals surface area contributed by atoms with Crippen LogP contribution in [0, 0.1) is 12.8 Å². The van der Waals surface area contributed by atoms with E-state index in [1.54, 1.807) is 19.9 Å². The zero-order valence-electron chi connectivity index (χ0n) is 13.4. The van der Waals surface area contributed by atoms with Crippen molar-refractivity contribution in [1.29, 1.82) is 0 Å². The Bertz CT molecular complexity index is 780. The molecule has 0 aliphatic carbocycles. The number of aliphatic hydroxyl groups is 2. The number of aliphatic hydroxyl groups excluding tert-OH is 2. The number of fused-ring (bicyclic) bond motifs is 2. The van der Waals surface area contributed by atoms with Crippen molar-refractivity contribution >= 4 is 29.0 Å². The second-order valence-electron chi connectivity index (χ2n) is 5.73. The molecule has 1 amide bonds. The molecule has 1 aliphatic heterocycles. The Morgan fingerprint density at radius 2 is 1.88 bits per heavy atom. The molecular formula is C16H19N5O3.